The first-order chi connectivity index (χ1) is 9.33. The lowest BCUT2D eigenvalue weighted by Crippen LogP contribution is -2.29. The zero-order chi connectivity index (χ0) is 15.2. The fourth-order valence-corrected chi connectivity index (χ4v) is 2.25. The summed E-state index contributed by atoms with van der Waals surface area (Å²) in [7, 11) is -1.47. The number of anilines is 1. The van der Waals surface area contributed by atoms with Crippen molar-refractivity contribution in [2.75, 3.05) is 31.7 Å². The van der Waals surface area contributed by atoms with Gasteiger partial charge in [0.15, 0.2) is 0 Å². The molecule has 0 saturated carbocycles. The molecule has 1 rings (SSSR count). The minimum Gasteiger partial charge on any atom is -0.387 e. The van der Waals surface area contributed by atoms with Gasteiger partial charge >= 0.3 is 0 Å². The molecular formula is C12H18ClN3O3S. The van der Waals surface area contributed by atoms with Gasteiger partial charge in [0.25, 0.3) is 5.91 Å². The van der Waals surface area contributed by atoms with E-state index in [0.29, 0.717) is 29.2 Å². The highest BCUT2D eigenvalue weighted by atomic mass is 35.5. The van der Waals surface area contributed by atoms with E-state index in [4.69, 9.17) is 11.6 Å². The van der Waals surface area contributed by atoms with Crippen molar-refractivity contribution in [3.8, 4) is 0 Å². The van der Waals surface area contributed by atoms with Gasteiger partial charge in [-0.05, 0) is 24.6 Å². The first kappa shape index (κ1) is 16.7. The molecule has 0 aliphatic rings. The van der Waals surface area contributed by atoms with E-state index in [9.17, 15) is 13.2 Å². The van der Waals surface area contributed by atoms with Crippen LogP contribution >= 0.6 is 11.6 Å². The zero-order valence-corrected chi connectivity index (χ0v) is 12.9. The highest BCUT2D eigenvalue weighted by Crippen LogP contribution is 2.20. The van der Waals surface area contributed by atoms with Crippen LogP contribution in [-0.4, -0.2) is 40.7 Å². The lowest BCUT2D eigenvalue weighted by molar-refractivity contribution is 0.0954. The Bertz CT molecular complexity index is 575. The molecule has 3 N–H and O–H groups in total. The van der Waals surface area contributed by atoms with Crippen LogP contribution in [0.2, 0.25) is 5.02 Å². The highest BCUT2D eigenvalue weighted by molar-refractivity contribution is 7.88. The molecule has 1 aromatic rings. The Kier molecular flexibility index (Phi) is 6.25. The first-order valence-corrected chi connectivity index (χ1v) is 8.30. The van der Waals surface area contributed by atoms with Gasteiger partial charge < -0.3 is 10.6 Å². The number of sulfonamides is 1. The molecule has 20 heavy (non-hydrogen) atoms. The number of amides is 1. The summed E-state index contributed by atoms with van der Waals surface area (Å²) >= 11 is 5.87. The van der Waals surface area contributed by atoms with Crippen molar-refractivity contribution in [2.45, 2.75) is 6.42 Å². The Morgan fingerprint density at radius 1 is 1.30 bits per heavy atom. The Morgan fingerprint density at radius 2 is 2.00 bits per heavy atom. The molecule has 0 spiro atoms. The maximum atomic E-state index is 12.0. The molecular weight excluding hydrogens is 302 g/mol. The molecule has 0 aliphatic heterocycles. The molecule has 0 radical (unpaired) electrons. The van der Waals surface area contributed by atoms with Gasteiger partial charge in [0.2, 0.25) is 10.0 Å². The van der Waals surface area contributed by atoms with Gasteiger partial charge in [0, 0.05) is 30.8 Å². The summed E-state index contributed by atoms with van der Waals surface area (Å²) < 4.78 is 24.1. The van der Waals surface area contributed by atoms with Gasteiger partial charge in [-0.1, -0.05) is 11.6 Å². The van der Waals surface area contributed by atoms with Gasteiger partial charge in [-0.2, -0.15) is 0 Å². The average Bonchev–Trinajstić information content (AvgIpc) is 2.36. The minimum absolute atomic E-state index is 0.254. The van der Waals surface area contributed by atoms with Crippen LogP contribution in [0.25, 0.3) is 0 Å². The molecule has 1 aromatic carbocycles. The van der Waals surface area contributed by atoms with Gasteiger partial charge in [-0.25, -0.2) is 13.1 Å². The standard InChI is InChI=1S/C12H18ClN3O3S/c1-14-11-5-4-9(13)8-10(11)12(17)15-6-3-7-16-20(2,18)19/h4-5,8,14,16H,3,6-7H2,1-2H3,(H,15,17). The summed E-state index contributed by atoms with van der Waals surface area (Å²) in [5.41, 5.74) is 1.14. The molecule has 0 aromatic heterocycles. The number of rotatable bonds is 7. The van der Waals surface area contributed by atoms with E-state index in [1.54, 1.807) is 25.2 Å². The van der Waals surface area contributed by atoms with E-state index in [1.165, 1.54) is 0 Å². The average molecular weight is 320 g/mol. The Labute approximate surface area is 123 Å². The number of benzene rings is 1. The van der Waals surface area contributed by atoms with Crippen LogP contribution in [0.5, 0.6) is 0 Å². The number of hydrogen-bond donors (Lipinski definition) is 3. The summed E-state index contributed by atoms with van der Waals surface area (Å²) in [6.45, 7) is 0.657. The Balaban J connectivity index is 2.49. The van der Waals surface area contributed by atoms with Crippen LogP contribution in [0.3, 0.4) is 0 Å². The van der Waals surface area contributed by atoms with Crippen molar-refractivity contribution < 1.29 is 13.2 Å². The third-order valence-electron chi connectivity index (χ3n) is 2.50. The second kappa shape index (κ2) is 7.47. The third kappa shape index (κ3) is 5.77. The summed E-state index contributed by atoms with van der Waals surface area (Å²) in [4.78, 5) is 12.0. The molecule has 112 valence electrons. The molecule has 8 heteroatoms. The monoisotopic (exact) mass is 319 g/mol. The van der Waals surface area contributed by atoms with Gasteiger partial charge in [0.05, 0.1) is 11.8 Å². The van der Waals surface area contributed by atoms with E-state index < -0.39 is 10.0 Å². The van der Waals surface area contributed by atoms with Crippen molar-refractivity contribution in [3.63, 3.8) is 0 Å². The molecule has 0 fully saturated rings. The van der Waals surface area contributed by atoms with Crippen LogP contribution in [0.4, 0.5) is 5.69 Å². The smallest absolute Gasteiger partial charge is 0.253 e. The minimum atomic E-state index is -3.18. The van der Waals surface area contributed by atoms with Crippen molar-refractivity contribution >= 4 is 33.2 Å². The molecule has 0 atom stereocenters. The first-order valence-electron chi connectivity index (χ1n) is 6.03. The van der Waals surface area contributed by atoms with Crippen LogP contribution in [-0.2, 0) is 10.0 Å². The largest absolute Gasteiger partial charge is 0.387 e. The SMILES string of the molecule is CNc1ccc(Cl)cc1C(=O)NCCCNS(C)(=O)=O. The molecule has 0 saturated heterocycles. The number of carbonyl (C=O) groups excluding carboxylic acids is 1. The Hall–Kier alpha value is -1.31. The van der Waals surface area contributed by atoms with Gasteiger partial charge in [-0.3, -0.25) is 4.79 Å². The molecule has 0 aliphatic carbocycles. The van der Waals surface area contributed by atoms with E-state index in [-0.39, 0.29) is 12.5 Å². The van der Waals surface area contributed by atoms with Crippen molar-refractivity contribution in [3.05, 3.63) is 28.8 Å². The summed E-state index contributed by atoms with van der Waals surface area (Å²) in [6.07, 6.45) is 1.60. The fraction of sp³-hybridized carbons (Fsp3) is 0.417. The second-order valence-electron chi connectivity index (χ2n) is 4.22. The summed E-state index contributed by atoms with van der Waals surface area (Å²) in [5, 5.41) is 6.11. The number of carbonyl (C=O) groups is 1. The summed E-state index contributed by atoms with van der Waals surface area (Å²) in [6, 6.07) is 5.00. The highest BCUT2D eigenvalue weighted by Gasteiger charge is 2.10. The topological polar surface area (TPSA) is 87.3 Å². The zero-order valence-electron chi connectivity index (χ0n) is 11.4. The molecule has 0 bridgehead atoms. The normalized spacial score (nSPS) is 11.2. The van der Waals surface area contributed by atoms with Crippen LogP contribution in [0.1, 0.15) is 16.8 Å². The van der Waals surface area contributed by atoms with Crippen molar-refractivity contribution in [1.29, 1.82) is 0 Å². The molecule has 0 heterocycles. The summed E-state index contributed by atoms with van der Waals surface area (Å²) in [5.74, 6) is -0.254. The second-order valence-corrected chi connectivity index (χ2v) is 6.49. The van der Waals surface area contributed by atoms with Gasteiger partial charge in [0.1, 0.15) is 0 Å². The maximum Gasteiger partial charge on any atom is 0.253 e. The van der Waals surface area contributed by atoms with Crippen molar-refractivity contribution in [1.82, 2.24) is 10.0 Å². The number of halogens is 1. The van der Waals surface area contributed by atoms with E-state index in [2.05, 4.69) is 15.4 Å². The fourth-order valence-electron chi connectivity index (χ4n) is 1.57. The third-order valence-corrected chi connectivity index (χ3v) is 3.46. The van der Waals surface area contributed by atoms with Crippen LogP contribution in [0, 0.1) is 0 Å². The van der Waals surface area contributed by atoms with E-state index in [0.717, 1.165) is 6.26 Å². The van der Waals surface area contributed by atoms with Crippen LogP contribution in [0.15, 0.2) is 18.2 Å². The predicted octanol–water partition coefficient (Wildman–Crippen LogP) is 1.05. The van der Waals surface area contributed by atoms with Crippen LogP contribution < -0.4 is 15.4 Å². The number of hydrogen-bond acceptors (Lipinski definition) is 4. The molecule has 0 unspecified atom stereocenters. The predicted molar refractivity (Wildman–Crippen MR) is 80.8 cm³/mol. The lowest BCUT2D eigenvalue weighted by atomic mass is 10.1. The van der Waals surface area contributed by atoms with E-state index in [1.807, 2.05) is 0 Å². The quantitative estimate of drug-likeness (QED) is 0.656. The van der Waals surface area contributed by atoms with Crippen molar-refractivity contribution in [2.24, 2.45) is 0 Å². The molecule has 1 amide bonds. The lowest BCUT2D eigenvalue weighted by Gasteiger charge is -2.10. The molecule has 6 nitrogen and oxygen atoms in total. The van der Waals surface area contributed by atoms with Gasteiger partial charge in [-0.15, -0.1) is 0 Å². The number of nitrogens with one attached hydrogen (secondary N) is 3. The van der Waals surface area contributed by atoms with E-state index >= 15 is 0 Å². The maximum absolute atomic E-state index is 12.0. The Morgan fingerprint density at radius 3 is 2.60 bits per heavy atom.